The first-order chi connectivity index (χ1) is 16.1. The van der Waals surface area contributed by atoms with Gasteiger partial charge >= 0.3 is 0 Å². The van der Waals surface area contributed by atoms with Crippen LogP contribution in [0.3, 0.4) is 0 Å². The van der Waals surface area contributed by atoms with Crippen LogP contribution in [-0.4, -0.2) is 44.7 Å². The largest absolute Gasteiger partial charge is 0.487 e. The summed E-state index contributed by atoms with van der Waals surface area (Å²) in [5.41, 5.74) is 5.63. The maximum absolute atomic E-state index is 14.0. The molecule has 1 saturated heterocycles. The van der Waals surface area contributed by atoms with Crippen molar-refractivity contribution in [1.29, 1.82) is 0 Å². The highest BCUT2D eigenvalue weighted by atomic mass is 19.1. The first-order valence-electron chi connectivity index (χ1n) is 11.9. The second-order valence-corrected chi connectivity index (χ2v) is 9.29. The van der Waals surface area contributed by atoms with Gasteiger partial charge in [-0.15, -0.1) is 0 Å². The Morgan fingerprint density at radius 2 is 1.88 bits per heavy atom. The van der Waals surface area contributed by atoms with Gasteiger partial charge in [0.25, 0.3) is 0 Å². The highest BCUT2D eigenvalue weighted by Crippen LogP contribution is 2.40. The van der Waals surface area contributed by atoms with Crippen LogP contribution in [-0.2, 0) is 13.0 Å². The number of anilines is 3. The first-order valence-corrected chi connectivity index (χ1v) is 11.9. The maximum Gasteiger partial charge on any atom is 0.143 e. The molecule has 2 aliphatic rings. The van der Waals surface area contributed by atoms with Crippen molar-refractivity contribution in [2.75, 3.05) is 43.5 Å². The van der Waals surface area contributed by atoms with Gasteiger partial charge in [-0.05, 0) is 73.8 Å². The van der Waals surface area contributed by atoms with Gasteiger partial charge in [-0.25, -0.2) is 4.39 Å². The van der Waals surface area contributed by atoms with Crippen molar-refractivity contribution in [3.05, 3.63) is 83.7 Å². The molecule has 2 aliphatic heterocycles. The van der Waals surface area contributed by atoms with Gasteiger partial charge in [0.1, 0.15) is 18.2 Å². The molecule has 1 unspecified atom stereocenters. The summed E-state index contributed by atoms with van der Waals surface area (Å²) in [5, 5.41) is 0. The number of benzene rings is 3. The highest BCUT2D eigenvalue weighted by Gasteiger charge is 2.30. The lowest BCUT2D eigenvalue weighted by Gasteiger charge is -2.33. The van der Waals surface area contributed by atoms with Gasteiger partial charge in [0, 0.05) is 50.2 Å². The Labute approximate surface area is 196 Å². The maximum atomic E-state index is 14.0. The third-order valence-corrected chi connectivity index (χ3v) is 6.88. The van der Waals surface area contributed by atoms with Gasteiger partial charge < -0.3 is 14.5 Å². The third kappa shape index (κ3) is 4.69. The van der Waals surface area contributed by atoms with Gasteiger partial charge in [-0.2, -0.15) is 0 Å². The van der Waals surface area contributed by atoms with Crippen LogP contribution >= 0.6 is 0 Å². The molecule has 0 aromatic heterocycles. The van der Waals surface area contributed by atoms with E-state index in [0.717, 1.165) is 48.7 Å². The molecule has 0 amide bonds. The van der Waals surface area contributed by atoms with E-state index >= 15 is 0 Å². The monoisotopic (exact) mass is 445 g/mol. The molecule has 1 fully saturated rings. The number of nitrogens with zero attached hydrogens (tertiary/aromatic N) is 3. The van der Waals surface area contributed by atoms with E-state index in [0.29, 0.717) is 12.6 Å². The summed E-state index contributed by atoms with van der Waals surface area (Å²) in [6.45, 7) is 3.43. The number of hydrogen-bond donors (Lipinski definition) is 0. The molecule has 4 nitrogen and oxygen atoms in total. The van der Waals surface area contributed by atoms with E-state index in [1.54, 1.807) is 12.1 Å². The van der Waals surface area contributed by atoms with Crippen LogP contribution in [0.25, 0.3) is 0 Å². The summed E-state index contributed by atoms with van der Waals surface area (Å²) in [7, 11) is 4.17. The second kappa shape index (κ2) is 9.44. The van der Waals surface area contributed by atoms with Crippen LogP contribution in [0.1, 0.15) is 24.0 Å². The molecular formula is C28H32FN3O. The summed E-state index contributed by atoms with van der Waals surface area (Å²) >= 11 is 0. The highest BCUT2D eigenvalue weighted by molar-refractivity contribution is 5.73. The van der Waals surface area contributed by atoms with Crippen molar-refractivity contribution in [3.8, 4) is 5.75 Å². The Kier molecular flexibility index (Phi) is 6.23. The van der Waals surface area contributed by atoms with Crippen LogP contribution in [0.2, 0.25) is 0 Å². The van der Waals surface area contributed by atoms with Crippen molar-refractivity contribution >= 4 is 17.1 Å². The molecule has 0 saturated carbocycles. The minimum Gasteiger partial charge on any atom is -0.487 e. The van der Waals surface area contributed by atoms with E-state index in [1.807, 2.05) is 24.3 Å². The van der Waals surface area contributed by atoms with E-state index in [1.165, 1.54) is 24.1 Å². The summed E-state index contributed by atoms with van der Waals surface area (Å²) in [6.07, 6.45) is 3.43. The number of hydrogen-bond acceptors (Lipinski definition) is 4. The Hall–Kier alpha value is -3.05. The Balaban J connectivity index is 1.36. The van der Waals surface area contributed by atoms with Crippen molar-refractivity contribution in [3.63, 3.8) is 0 Å². The van der Waals surface area contributed by atoms with E-state index in [9.17, 15) is 4.39 Å². The Morgan fingerprint density at radius 3 is 2.76 bits per heavy atom. The molecule has 3 aromatic carbocycles. The summed E-state index contributed by atoms with van der Waals surface area (Å²) in [5.74, 6) is 0.643. The molecule has 5 heteroatoms. The SMILES string of the molecule is CN(C)c1cccc(CCN2CCCC2CN2c3ccc(F)cc3COc3ccccc32)c1. The minimum atomic E-state index is -0.217. The predicted molar refractivity (Wildman–Crippen MR) is 133 cm³/mol. The lowest BCUT2D eigenvalue weighted by molar-refractivity contribution is 0.261. The van der Waals surface area contributed by atoms with Crippen LogP contribution in [0, 0.1) is 5.82 Å². The fraction of sp³-hybridized carbons (Fsp3) is 0.357. The number of rotatable bonds is 6. The zero-order chi connectivity index (χ0) is 22.8. The fourth-order valence-electron chi connectivity index (χ4n) is 5.09. The van der Waals surface area contributed by atoms with Gasteiger partial charge in [0.05, 0.1) is 5.69 Å². The lowest BCUT2D eigenvalue weighted by atomic mass is 10.1. The molecular weight excluding hydrogens is 413 g/mol. The average Bonchev–Trinajstić information content (AvgIpc) is 3.21. The van der Waals surface area contributed by atoms with Crippen molar-refractivity contribution in [1.82, 2.24) is 4.90 Å². The number of halogens is 1. The van der Waals surface area contributed by atoms with Crippen molar-refractivity contribution in [2.24, 2.45) is 0 Å². The molecule has 2 heterocycles. The standard InChI is InChI=1S/C28H32FN3O/c1-30(2)24-8-5-7-21(17-24)14-16-31-15-6-9-25(31)19-32-26-13-12-23(29)18-22(26)20-33-28-11-4-3-10-27(28)32/h3-5,7-8,10-13,17-18,25H,6,9,14-16,19-20H2,1-2H3. The molecule has 0 spiro atoms. The van der Waals surface area contributed by atoms with Crippen LogP contribution in [0.5, 0.6) is 5.75 Å². The van der Waals surface area contributed by atoms with Gasteiger partial charge in [-0.1, -0.05) is 24.3 Å². The summed E-state index contributed by atoms with van der Waals surface area (Å²) < 4.78 is 20.1. The van der Waals surface area contributed by atoms with E-state index in [4.69, 9.17) is 4.74 Å². The fourth-order valence-corrected chi connectivity index (χ4v) is 5.09. The zero-order valence-corrected chi connectivity index (χ0v) is 19.5. The van der Waals surface area contributed by atoms with Gasteiger partial charge in [-0.3, -0.25) is 4.90 Å². The third-order valence-electron chi connectivity index (χ3n) is 6.88. The molecule has 33 heavy (non-hydrogen) atoms. The number of para-hydroxylation sites is 2. The molecule has 3 aromatic rings. The molecule has 0 bridgehead atoms. The van der Waals surface area contributed by atoms with Crippen molar-refractivity contribution in [2.45, 2.75) is 31.9 Å². The van der Waals surface area contributed by atoms with E-state index < -0.39 is 0 Å². The Bertz CT molecular complexity index is 1120. The predicted octanol–water partition coefficient (Wildman–Crippen LogP) is 5.63. The van der Waals surface area contributed by atoms with E-state index in [-0.39, 0.29) is 5.82 Å². The van der Waals surface area contributed by atoms with Gasteiger partial charge in [0.15, 0.2) is 0 Å². The second-order valence-electron chi connectivity index (χ2n) is 9.29. The molecule has 0 N–H and O–H groups in total. The van der Waals surface area contributed by atoms with Crippen LogP contribution in [0.15, 0.2) is 66.7 Å². The Morgan fingerprint density at radius 1 is 1.00 bits per heavy atom. The number of fused-ring (bicyclic) bond motifs is 2. The quantitative estimate of drug-likeness (QED) is 0.489. The lowest BCUT2D eigenvalue weighted by Crippen LogP contribution is -2.39. The summed E-state index contributed by atoms with van der Waals surface area (Å²) in [4.78, 5) is 7.12. The average molecular weight is 446 g/mol. The van der Waals surface area contributed by atoms with Crippen LogP contribution in [0.4, 0.5) is 21.5 Å². The minimum absolute atomic E-state index is 0.217. The molecule has 1 atom stereocenters. The molecule has 0 aliphatic carbocycles. The molecule has 0 radical (unpaired) electrons. The first kappa shape index (κ1) is 21.8. The summed E-state index contributed by atoms with van der Waals surface area (Å²) in [6, 6.07) is 22.5. The number of ether oxygens (including phenoxy) is 1. The number of likely N-dealkylation sites (tertiary alicyclic amines) is 1. The molecule has 172 valence electrons. The van der Waals surface area contributed by atoms with E-state index in [2.05, 4.69) is 59.1 Å². The van der Waals surface area contributed by atoms with Crippen LogP contribution < -0.4 is 14.5 Å². The topological polar surface area (TPSA) is 19.0 Å². The smallest absolute Gasteiger partial charge is 0.143 e. The zero-order valence-electron chi connectivity index (χ0n) is 19.5. The molecule has 5 rings (SSSR count). The normalized spacial score (nSPS) is 17.8. The van der Waals surface area contributed by atoms with Gasteiger partial charge in [0.2, 0.25) is 0 Å². The van der Waals surface area contributed by atoms with Crippen molar-refractivity contribution < 1.29 is 9.13 Å².